The fourth-order valence-corrected chi connectivity index (χ4v) is 5.40. The normalized spacial score (nSPS) is 15.9. The van der Waals surface area contributed by atoms with E-state index in [1.807, 2.05) is 0 Å². The molecule has 0 aromatic rings. The van der Waals surface area contributed by atoms with Gasteiger partial charge < -0.3 is 0 Å². The van der Waals surface area contributed by atoms with Gasteiger partial charge in [0.05, 0.1) is 0 Å². The van der Waals surface area contributed by atoms with E-state index in [1.165, 1.54) is 0 Å². The Labute approximate surface area is 196 Å². The summed E-state index contributed by atoms with van der Waals surface area (Å²) in [6.07, 6.45) is 0. The van der Waals surface area contributed by atoms with Crippen LogP contribution >= 0.6 is 0 Å². The summed E-state index contributed by atoms with van der Waals surface area (Å²) in [5, 5.41) is 0. The minimum absolute atomic E-state index is 0. The summed E-state index contributed by atoms with van der Waals surface area (Å²) in [5.41, 5.74) is -0.0258. The van der Waals surface area contributed by atoms with Crippen molar-refractivity contribution in [1.29, 1.82) is 0 Å². The van der Waals surface area contributed by atoms with Crippen molar-refractivity contribution in [2.24, 2.45) is 17.8 Å². The van der Waals surface area contributed by atoms with Gasteiger partial charge in [0.2, 0.25) is 0 Å². The first kappa shape index (κ1) is 32.1. The maximum Gasteiger partial charge on any atom is 0 e. The van der Waals surface area contributed by atoms with E-state index in [9.17, 15) is 0 Å². The third-order valence-electron chi connectivity index (χ3n) is 4.50. The van der Waals surface area contributed by atoms with Gasteiger partial charge in [-0.15, -0.1) is 0 Å². The first-order valence-corrected chi connectivity index (χ1v) is 12.7. The fourth-order valence-electron chi connectivity index (χ4n) is 2.41. The van der Waals surface area contributed by atoms with Gasteiger partial charge in [-0.05, 0) is 0 Å². The predicted molar refractivity (Wildman–Crippen MR) is 98.3 cm³/mol. The summed E-state index contributed by atoms with van der Waals surface area (Å²) in [7, 11) is 0. The maximum atomic E-state index is 6.03. The van der Waals surface area contributed by atoms with E-state index in [0.29, 0.717) is 17.8 Å². The van der Waals surface area contributed by atoms with Crippen LogP contribution in [0, 0.1) is 17.8 Å². The smallest absolute Gasteiger partial charge is 0 e. The first-order valence-electron chi connectivity index (χ1n) is 6.79. The molecule has 0 N–H and O–H groups in total. The van der Waals surface area contributed by atoms with Crippen LogP contribution in [-0.4, -0.2) is 114 Å². The van der Waals surface area contributed by atoms with Crippen LogP contribution in [0.3, 0.4) is 0 Å². The molecule has 0 amide bonds. The SMILES string of the molecule is [CH3][Ge][O]C(C)(C)C(C)C(C)C(C)C(C)(C)[O][Ge][CH3].[Te].[Te].[Te]. The van der Waals surface area contributed by atoms with Crippen LogP contribution in [0.25, 0.3) is 0 Å². The molecule has 0 heterocycles. The van der Waals surface area contributed by atoms with Crippen molar-refractivity contribution in [3.05, 3.63) is 0 Å². The second kappa shape index (κ2) is 14.5. The molecule has 0 spiro atoms. The summed E-state index contributed by atoms with van der Waals surface area (Å²) < 4.78 is 12.1. The zero-order valence-electron chi connectivity index (χ0n) is 14.8. The Morgan fingerprint density at radius 2 is 0.905 bits per heavy atom. The fraction of sp³-hybridized carbons (Fsp3) is 1.00. The van der Waals surface area contributed by atoms with Crippen LogP contribution in [-0.2, 0) is 7.53 Å². The van der Waals surface area contributed by atoms with Crippen molar-refractivity contribution in [2.75, 3.05) is 0 Å². The van der Waals surface area contributed by atoms with E-state index in [4.69, 9.17) is 7.53 Å². The topological polar surface area (TPSA) is 18.5 Å². The summed E-state index contributed by atoms with van der Waals surface area (Å²) in [6.45, 7) is 15.9. The second-order valence-electron chi connectivity index (χ2n) is 6.26. The number of hydrogen-bond donors (Lipinski definition) is 0. The van der Waals surface area contributed by atoms with Crippen molar-refractivity contribution >= 4 is 103 Å². The molecule has 0 bridgehead atoms. The van der Waals surface area contributed by atoms with Gasteiger partial charge in [-0.3, -0.25) is 0 Å². The Hall–Kier alpha value is 3.37. The molecule has 0 aliphatic carbocycles. The van der Waals surface area contributed by atoms with Crippen LogP contribution in [0.2, 0.25) is 11.5 Å². The summed E-state index contributed by atoms with van der Waals surface area (Å²) in [4.78, 5) is 0. The predicted octanol–water partition coefficient (Wildman–Crippen LogP) is 2.68. The van der Waals surface area contributed by atoms with Gasteiger partial charge in [-0.25, -0.2) is 0 Å². The summed E-state index contributed by atoms with van der Waals surface area (Å²) >= 11 is -0.490. The molecular weight excluding hydrogens is 728 g/mol. The maximum absolute atomic E-state index is 6.03. The molecule has 0 aromatic heterocycles. The van der Waals surface area contributed by atoms with Crippen LogP contribution < -0.4 is 0 Å². The van der Waals surface area contributed by atoms with Gasteiger partial charge in [-0.1, -0.05) is 0 Å². The van der Waals surface area contributed by atoms with Gasteiger partial charge >= 0.3 is 128 Å². The molecule has 2 atom stereocenters. The van der Waals surface area contributed by atoms with Crippen molar-refractivity contribution in [1.82, 2.24) is 0 Å². The zero-order valence-corrected chi connectivity index (χ0v) is 26.0. The summed E-state index contributed by atoms with van der Waals surface area (Å²) in [6, 6.07) is 0. The van der Waals surface area contributed by atoms with E-state index < -0.39 is 0 Å². The number of hydrogen-bond acceptors (Lipinski definition) is 2. The Bertz CT molecular complexity index is 230. The van der Waals surface area contributed by atoms with Crippen LogP contribution in [0.1, 0.15) is 48.5 Å². The van der Waals surface area contributed by atoms with Crippen LogP contribution in [0.4, 0.5) is 0 Å². The molecule has 21 heavy (non-hydrogen) atoms. The van der Waals surface area contributed by atoms with Gasteiger partial charge in [0.25, 0.3) is 0 Å². The zero-order chi connectivity index (χ0) is 14.6. The first-order chi connectivity index (χ1) is 8.10. The van der Waals surface area contributed by atoms with Crippen molar-refractivity contribution in [2.45, 2.75) is 71.2 Å². The molecule has 0 saturated carbocycles. The molecule has 0 aliphatic rings. The Balaban J connectivity index is -0.000000482. The molecule has 0 rings (SSSR count). The molecule has 2 nitrogen and oxygen atoms in total. The Morgan fingerprint density at radius 3 is 1.10 bits per heavy atom. The molecule has 0 aliphatic heterocycles. The number of rotatable bonds is 8. The Kier molecular flexibility index (Phi) is 22.2. The molecule has 124 valence electrons. The van der Waals surface area contributed by atoms with Crippen molar-refractivity contribution in [3.63, 3.8) is 0 Å². The van der Waals surface area contributed by atoms with E-state index in [-0.39, 0.29) is 114 Å². The monoisotopic (exact) mass is 768 g/mol. The van der Waals surface area contributed by atoms with Gasteiger partial charge in [0, 0.05) is 71.0 Å². The molecule has 0 aromatic carbocycles. The average molecular weight is 758 g/mol. The molecule has 0 saturated heterocycles. The third-order valence-corrected chi connectivity index (χ3v) is 7.56. The average Bonchev–Trinajstić information content (AvgIpc) is 2.25. The van der Waals surface area contributed by atoms with E-state index in [2.05, 4.69) is 60.0 Å². The molecule has 2 unspecified atom stereocenters. The molecule has 10 radical (unpaired) electrons. The Morgan fingerprint density at radius 1 is 0.667 bits per heavy atom. The van der Waals surface area contributed by atoms with E-state index in [1.54, 1.807) is 0 Å². The van der Waals surface area contributed by atoms with Gasteiger partial charge in [0.1, 0.15) is 0 Å². The van der Waals surface area contributed by atoms with Crippen molar-refractivity contribution in [3.8, 4) is 0 Å². The molecule has 0 fully saturated rings. The van der Waals surface area contributed by atoms with Gasteiger partial charge in [0.15, 0.2) is 0 Å². The minimum Gasteiger partial charge on any atom is 0 e. The van der Waals surface area contributed by atoms with Gasteiger partial charge in [-0.2, -0.15) is 0 Å². The van der Waals surface area contributed by atoms with Crippen LogP contribution in [0.5, 0.6) is 0 Å². The molecular formula is C14H30Ge2O2Te3. The van der Waals surface area contributed by atoms with Crippen molar-refractivity contribution < 1.29 is 7.53 Å². The van der Waals surface area contributed by atoms with Crippen LogP contribution in [0.15, 0.2) is 0 Å². The minimum atomic E-state index is -0.245. The van der Waals surface area contributed by atoms with E-state index in [0.717, 1.165) is 0 Å². The van der Waals surface area contributed by atoms with E-state index >= 15 is 0 Å². The molecule has 7 heteroatoms. The summed E-state index contributed by atoms with van der Waals surface area (Å²) in [5.74, 6) is 6.05. The second-order valence-corrected chi connectivity index (χ2v) is 8.83. The third kappa shape index (κ3) is 10.8. The largest absolute Gasteiger partial charge is 0 e. The quantitative estimate of drug-likeness (QED) is 0.355. The standard InChI is InChI=1S/C14H30Ge2O2.3Te/c1-10(11(2)13(4,5)17-15-8)12(3)14(6,7)18-16-9;;;/h10-12H,1-9H3;;;.